The Morgan fingerprint density at radius 2 is 1.93 bits per heavy atom. The molecule has 2 atom stereocenters. The molecule has 2 fully saturated rings. The quantitative estimate of drug-likeness (QED) is 0.588. The first kappa shape index (κ1) is 20.0. The second-order valence-corrected chi connectivity index (χ2v) is 7.84. The maximum atomic E-state index is 14.0. The molecule has 0 radical (unpaired) electrons. The number of nitrogens with zero attached hydrogens (tertiary/aromatic N) is 2. The van der Waals surface area contributed by atoms with Crippen molar-refractivity contribution in [2.24, 2.45) is 4.99 Å². The normalized spacial score (nSPS) is 24.0. The van der Waals surface area contributed by atoms with E-state index in [1.54, 1.807) is 0 Å². The van der Waals surface area contributed by atoms with E-state index in [4.69, 9.17) is 9.73 Å². The summed E-state index contributed by atoms with van der Waals surface area (Å²) < 4.78 is 33.4. The van der Waals surface area contributed by atoms with Crippen LogP contribution in [-0.4, -0.2) is 61.8 Å². The predicted octanol–water partition coefficient (Wildman–Crippen LogP) is 2.49. The van der Waals surface area contributed by atoms with Gasteiger partial charge in [0, 0.05) is 42.7 Å². The smallest absolute Gasteiger partial charge is 0.191 e. The van der Waals surface area contributed by atoms with Crippen LogP contribution < -0.4 is 10.6 Å². The molecule has 5 nitrogen and oxygen atoms in total. The highest BCUT2D eigenvalue weighted by Crippen LogP contribution is 2.43. The number of benzene rings is 1. The van der Waals surface area contributed by atoms with Gasteiger partial charge in [-0.2, -0.15) is 0 Å². The first-order valence-corrected chi connectivity index (χ1v) is 9.74. The summed E-state index contributed by atoms with van der Waals surface area (Å²) in [6, 6.07) is 4.04. The number of guanidine groups is 1. The fourth-order valence-corrected chi connectivity index (χ4v) is 3.58. The summed E-state index contributed by atoms with van der Waals surface area (Å²) in [6.07, 6.45) is 0.703. The molecule has 0 aromatic heterocycles. The van der Waals surface area contributed by atoms with Gasteiger partial charge in [-0.1, -0.05) is 6.07 Å². The van der Waals surface area contributed by atoms with E-state index in [0.717, 1.165) is 32.8 Å². The zero-order chi connectivity index (χ0) is 19.4. The van der Waals surface area contributed by atoms with E-state index < -0.39 is 11.6 Å². The van der Waals surface area contributed by atoms with Crippen LogP contribution in [0.4, 0.5) is 8.78 Å². The Balaban J connectivity index is 1.62. The number of hydrogen-bond acceptors (Lipinski definition) is 3. The van der Waals surface area contributed by atoms with Crippen molar-refractivity contribution in [2.75, 3.05) is 39.4 Å². The van der Waals surface area contributed by atoms with E-state index in [9.17, 15) is 8.78 Å². The molecule has 2 N–H and O–H groups in total. The molecule has 1 saturated carbocycles. The topological polar surface area (TPSA) is 48.9 Å². The molecule has 0 amide bonds. The van der Waals surface area contributed by atoms with Crippen molar-refractivity contribution in [3.8, 4) is 0 Å². The van der Waals surface area contributed by atoms with E-state index in [0.29, 0.717) is 18.9 Å². The third kappa shape index (κ3) is 4.96. The Hall–Kier alpha value is -1.73. The molecule has 1 aliphatic carbocycles. The number of morpholine rings is 1. The van der Waals surface area contributed by atoms with Crippen LogP contribution in [0.5, 0.6) is 0 Å². The van der Waals surface area contributed by atoms with Crippen molar-refractivity contribution in [3.05, 3.63) is 35.4 Å². The van der Waals surface area contributed by atoms with Crippen molar-refractivity contribution in [2.45, 2.75) is 44.7 Å². The van der Waals surface area contributed by atoms with Crippen LogP contribution in [0.3, 0.4) is 0 Å². The number of rotatable bonds is 6. The van der Waals surface area contributed by atoms with Gasteiger partial charge in [0.1, 0.15) is 11.6 Å². The molecule has 7 heteroatoms. The van der Waals surface area contributed by atoms with Crippen molar-refractivity contribution in [3.63, 3.8) is 0 Å². The lowest BCUT2D eigenvalue weighted by molar-refractivity contribution is -0.00683. The second-order valence-electron chi connectivity index (χ2n) is 7.84. The molecule has 1 aliphatic heterocycles. The van der Waals surface area contributed by atoms with Crippen molar-refractivity contribution < 1.29 is 13.5 Å². The van der Waals surface area contributed by atoms with Crippen LogP contribution in [0, 0.1) is 11.6 Å². The molecule has 1 aromatic carbocycles. The summed E-state index contributed by atoms with van der Waals surface area (Å²) in [5.41, 5.74) is 0.103. The predicted molar refractivity (Wildman–Crippen MR) is 103 cm³/mol. The summed E-state index contributed by atoms with van der Waals surface area (Å²) in [5, 5.41) is 6.57. The minimum absolute atomic E-state index is 0.000647. The van der Waals surface area contributed by atoms with Crippen LogP contribution in [0.1, 0.15) is 38.7 Å². The minimum Gasteiger partial charge on any atom is -0.379 e. The van der Waals surface area contributed by atoms with E-state index in [-0.39, 0.29) is 23.1 Å². The van der Waals surface area contributed by atoms with Gasteiger partial charge in [-0.3, -0.25) is 9.89 Å². The number of nitrogens with one attached hydrogen (secondary N) is 2. The summed E-state index contributed by atoms with van der Waals surface area (Å²) in [6.45, 7) is 11.1. The average molecular weight is 380 g/mol. The maximum Gasteiger partial charge on any atom is 0.191 e. The van der Waals surface area contributed by atoms with Crippen molar-refractivity contribution in [1.29, 1.82) is 0 Å². The summed E-state index contributed by atoms with van der Waals surface area (Å²) >= 11 is 0. The van der Waals surface area contributed by atoms with Gasteiger partial charge in [0.2, 0.25) is 0 Å². The molecular formula is C20H30F2N4O. The van der Waals surface area contributed by atoms with Gasteiger partial charge < -0.3 is 15.4 Å². The molecule has 0 spiro atoms. The second kappa shape index (κ2) is 8.52. The highest BCUT2D eigenvalue weighted by molar-refractivity contribution is 5.80. The molecule has 1 heterocycles. The monoisotopic (exact) mass is 380 g/mol. The van der Waals surface area contributed by atoms with Crippen molar-refractivity contribution in [1.82, 2.24) is 15.5 Å². The highest BCUT2D eigenvalue weighted by atomic mass is 19.1. The molecule has 150 valence electrons. The first-order valence-electron chi connectivity index (χ1n) is 9.74. The standard InChI is InChI=1S/C20H30F2N4O/c1-4-23-19(24-13-20(2,3)26-8-10-27-11-9-26)25-17-12-14(17)18-15(21)6-5-7-16(18)22/h5-7,14,17H,4,8-13H2,1-3H3,(H2,23,24,25). The lowest BCUT2D eigenvalue weighted by Gasteiger charge is -2.39. The fourth-order valence-electron chi connectivity index (χ4n) is 3.58. The Morgan fingerprint density at radius 3 is 2.56 bits per heavy atom. The molecule has 1 aromatic rings. The van der Waals surface area contributed by atoms with Crippen LogP contribution in [-0.2, 0) is 4.74 Å². The summed E-state index contributed by atoms with van der Waals surface area (Å²) in [7, 11) is 0. The van der Waals surface area contributed by atoms with Crippen LogP contribution in [0.15, 0.2) is 23.2 Å². The molecule has 2 unspecified atom stereocenters. The Kier molecular flexibility index (Phi) is 6.32. The van der Waals surface area contributed by atoms with Gasteiger partial charge in [-0.05, 0) is 39.3 Å². The maximum absolute atomic E-state index is 14.0. The zero-order valence-electron chi connectivity index (χ0n) is 16.4. The highest BCUT2D eigenvalue weighted by Gasteiger charge is 2.42. The van der Waals surface area contributed by atoms with Gasteiger partial charge in [0.15, 0.2) is 5.96 Å². The minimum atomic E-state index is -0.473. The Labute approximate surface area is 160 Å². The fraction of sp³-hybridized carbons (Fsp3) is 0.650. The number of aliphatic imine (C=N–C) groups is 1. The molecule has 3 rings (SSSR count). The Morgan fingerprint density at radius 1 is 1.26 bits per heavy atom. The third-order valence-corrected chi connectivity index (χ3v) is 5.32. The van der Waals surface area contributed by atoms with Gasteiger partial charge in [0.05, 0.1) is 19.8 Å². The number of ether oxygens (including phenoxy) is 1. The molecule has 27 heavy (non-hydrogen) atoms. The molecule has 1 saturated heterocycles. The lowest BCUT2D eigenvalue weighted by Crippen LogP contribution is -2.52. The average Bonchev–Trinajstić information content (AvgIpc) is 3.39. The third-order valence-electron chi connectivity index (χ3n) is 5.32. The SMILES string of the molecule is CCNC(=NCC(C)(C)N1CCOCC1)NC1CC1c1c(F)cccc1F. The van der Waals surface area contributed by atoms with Crippen LogP contribution in [0.25, 0.3) is 0 Å². The number of halogens is 2. The summed E-state index contributed by atoms with van der Waals surface area (Å²) in [5.74, 6) is -0.398. The van der Waals surface area contributed by atoms with E-state index in [1.165, 1.54) is 18.2 Å². The van der Waals surface area contributed by atoms with E-state index in [1.807, 2.05) is 6.92 Å². The van der Waals surface area contributed by atoms with E-state index >= 15 is 0 Å². The van der Waals surface area contributed by atoms with Gasteiger partial charge >= 0.3 is 0 Å². The van der Waals surface area contributed by atoms with E-state index in [2.05, 4.69) is 29.4 Å². The van der Waals surface area contributed by atoms with Gasteiger partial charge in [-0.25, -0.2) is 8.78 Å². The lowest BCUT2D eigenvalue weighted by atomic mass is 10.0. The van der Waals surface area contributed by atoms with Crippen molar-refractivity contribution >= 4 is 5.96 Å². The zero-order valence-corrected chi connectivity index (χ0v) is 16.4. The first-order chi connectivity index (χ1) is 12.9. The van der Waals surface area contributed by atoms with Gasteiger partial charge in [-0.15, -0.1) is 0 Å². The molecular weight excluding hydrogens is 350 g/mol. The number of hydrogen-bond donors (Lipinski definition) is 2. The summed E-state index contributed by atoms with van der Waals surface area (Å²) in [4.78, 5) is 7.13. The molecule has 0 bridgehead atoms. The van der Waals surface area contributed by atoms with Crippen LogP contribution in [0.2, 0.25) is 0 Å². The Bertz CT molecular complexity index is 654. The molecule has 2 aliphatic rings. The van der Waals surface area contributed by atoms with Crippen LogP contribution >= 0.6 is 0 Å². The van der Waals surface area contributed by atoms with Gasteiger partial charge in [0.25, 0.3) is 0 Å². The largest absolute Gasteiger partial charge is 0.379 e.